The third kappa shape index (κ3) is 8.23. The highest BCUT2D eigenvalue weighted by molar-refractivity contribution is 5.85. The number of phenols is 1. The van der Waals surface area contributed by atoms with Crippen molar-refractivity contribution in [3.05, 3.63) is 108 Å². The molecule has 8 N–H and O–H groups in total. The molecule has 15 nitrogen and oxygen atoms in total. The molecule has 0 radical (unpaired) electrons. The predicted molar refractivity (Wildman–Crippen MR) is 202 cm³/mol. The van der Waals surface area contributed by atoms with Crippen molar-refractivity contribution in [1.29, 1.82) is 0 Å². The number of amides is 3. The van der Waals surface area contributed by atoms with E-state index in [9.17, 15) is 30.0 Å². The van der Waals surface area contributed by atoms with Gasteiger partial charge < -0.3 is 51.2 Å². The first-order valence-electron chi connectivity index (χ1n) is 18.2. The second-order valence-electron chi connectivity index (χ2n) is 13.8. The summed E-state index contributed by atoms with van der Waals surface area (Å²) in [6, 6.07) is 25.2. The Labute approximate surface area is 312 Å². The topological polar surface area (TPSA) is 210 Å². The highest BCUT2D eigenvalue weighted by Gasteiger charge is 2.44. The molecular formula is C39H45N9O6. The summed E-state index contributed by atoms with van der Waals surface area (Å²) in [5.74, 6) is 0.598. The van der Waals surface area contributed by atoms with Crippen LogP contribution in [-0.2, 0) is 11.3 Å². The smallest absolute Gasteiger partial charge is 0.315 e. The van der Waals surface area contributed by atoms with Crippen LogP contribution in [0.25, 0.3) is 11.2 Å². The number of aliphatic hydroxyl groups excluding tert-OH is 3. The lowest BCUT2D eigenvalue weighted by molar-refractivity contribution is -0.123. The molecule has 54 heavy (non-hydrogen) atoms. The van der Waals surface area contributed by atoms with Gasteiger partial charge in [0, 0.05) is 44.6 Å². The van der Waals surface area contributed by atoms with Gasteiger partial charge in [-0.1, -0.05) is 72.8 Å². The van der Waals surface area contributed by atoms with Gasteiger partial charge >= 0.3 is 6.03 Å². The molecule has 282 valence electrons. The maximum Gasteiger partial charge on any atom is 0.315 e. The van der Waals surface area contributed by atoms with E-state index in [0.717, 1.165) is 16.7 Å². The summed E-state index contributed by atoms with van der Waals surface area (Å²) in [5, 5.41) is 53.2. The zero-order valence-corrected chi connectivity index (χ0v) is 29.6. The molecule has 15 heteroatoms. The summed E-state index contributed by atoms with van der Waals surface area (Å²) < 4.78 is 1.73. The van der Waals surface area contributed by atoms with Crippen molar-refractivity contribution >= 4 is 34.9 Å². The Morgan fingerprint density at radius 2 is 1.65 bits per heavy atom. The van der Waals surface area contributed by atoms with Crippen LogP contribution in [0.3, 0.4) is 0 Å². The van der Waals surface area contributed by atoms with Crippen molar-refractivity contribution in [2.24, 2.45) is 0 Å². The number of carbonyl (C=O) groups excluding carboxylic acids is 2. The summed E-state index contributed by atoms with van der Waals surface area (Å²) in [7, 11) is 0. The second-order valence-corrected chi connectivity index (χ2v) is 13.8. The fourth-order valence-electron chi connectivity index (χ4n) is 7.36. The molecule has 2 fully saturated rings. The van der Waals surface area contributed by atoms with Gasteiger partial charge in [0.2, 0.25) is 11.9 Å². The molecule has 3 heterocycles. The van der Waals surface area contributed by atoms with Gasteiger partial charge in [-0.15, -0.1) is 0 Å². The van der Waals surface area contributed by atoms with Crippen molar-refractivity contribution in [3.63, 3.8) is 0 Å². The van der Waals surface area contributed by atoms with Gasteiger partial charge in [0.25, 0.3) is 0 Å². The molecule has 5 aromatic rings. The summed E-state index contributed by atoms with van der Waals surface area (Å²) in [6.45, 7) is 1.43. The maximum absolute atomic E-state index is 12.8. The number of hydrogen-bond acceptors (Lipinski definition) is 11. The number of benzene rings is 3. The molecule has 2 aliphatic rings. The molecule has 7 rings (SSSR count). The number of aromatic nitrogens is 4. The second kappa shape index (κ2) is 16.5. The van der Waals surface area contributed by atoms with Crippen LogP contribution < -0.4 is 26.2 Å². The molecular weight excluding hydrogens is 690 g/mol. The lowest BCUT2D eigenvalue weighted by atomic mass is 9.91. The number of urea groups is 1. The molecule has 1 aliphatic heterocycles. The third-order valence-electron chi connectivity index (χ3n) is 10.2. The van der Waals surface area contributed by atoms with E-state index < -0.39 is 30.2 Å². The van der Waals surface area contributed by atoms with E-state index in [0.29, 0.717) is 49.0 Å². The van der Waals surface area contributed by atoms with Crippen LogP contribution in [0.1, 0.15) is 47.9 Å². The molecule has 1 saturated heterocycles. The van der Waals surface area contributed by atoms with Gasteiger partial charge in [-0.3, -0.25) is 4.79 Å². The first-order chi connectivity index (χ1) is 26.3. The zero-order valence-electron chi connectivity index (χ0n) is 29.6. The quantitative estimate of drug-likeness (QED) is 0.0881. The van der Waals surface area contributed by atoms with Gasteiger partial charge in [-0.2, -0.15) is 9.97 Å². The Morgan fingerprint density at radius 1 is 0.907 bits per heavy atom. The summed E-state index contributed by atoms with van der Waals surface area (Å²) >= 11 is 0. The number of nitrogens with one attached hydrogen (secondary N) is 4. The minimum atomic E-state index is -1.24. The number of phenolic OH excluding ortho intramolecular Hbond substituents is 1. The molecule has 1 aliphatic carbocycles. The van der Waals surface area contributed by atoms with E-state index in [4.69, 9.17) is 15.0 Å². The number of carbonyl (C=O) groups is 2. The first kappa shape index (κ1) is 36.6. The van der Waals surface area contributed by atoms with E-state index in [1.807, 2.05) is 47.4 Å². The summed E-state index contributed by atoms with van der Waals surface area (Å²) in [6.07, 6.45) is -0.141. The van der Waals surface area contributed by atoms with Crippen LogP contribution in [0.5, 0.6) is 5.75 Å². The maximum atomic E-state index is 12.8. The number of hydrogen-bond donors (Lipinski definition) is 8. The normalized spacial score (nSPS) is 21.0. The number of rotatable bonds is 13. The van der Waals surface area contributed by atoms with Crippen molar-refractivity contribution in [2.45, 2.75) is 62.1 Å². The highest BCUT2D eigenvalue weighted by atomic mass is 16.3. The molecule has 1 saturated carbocycles. The summed E-state index contributed by atoms with van der Waals surface area (Å²) in [5.41, 5.74) is 3.95. The average molecular weight is 736 g/mol. The van der Waals surface area contributed by atoms with Gasteiger partial charge in [0.1, 0.15) is 18.0 Å². The zero-order chi connectivity index (χ0) is 37.6. The van der Waals surface area contributed by atoms with Gasteiger partial charge in [-0.05, 0) is 41.7 Å². The van der Waals surface area contributed by atoms with Crippen molar-refractivity contribution in [3.8, 4) is 5.75 Å². The van der Waals surface area contributed by atoms with E-state index in [-0.39, 0.29) is 49.7 Å². The number of aliphatic hydroxyl groups is 3. The Bertz CT molecular complexity index is 2010. The van der Waals surface area contributed by atoms with Crippen LogP contribution in [0, 0.1) is 0 Å². The molecule has 0 bridgehead atoms. The van der Waals surface area contributed by atoms with Crippen molar-refractivity contribution < 1.29 is 30.0 Å². The van der Waals surface area contributed by atoms with E-state index in [1.165, 1.54) is 0 Å². The molecule has 3 aromatic carbocycles. The fraction of sp³-hybridized carbons (Fsp3) is 0.359. The lowest BCUT2D eigenvalue weighted by Crippen LogP contribution is -2.43. The van der Waals surface area contributed by atoms with Gasteiger partial charge in [-0.25, -0.2) is 9.78 Å². The number of aromatic hydroxyl groups is 1. The van der Waals surface area contributed by atoms with Gasteiger partial charge in [0.15, 0.2) is 17.0 Å². The van der Waals surface area contributed by atoms with Crippen LogP contribution in [0.4, 0.5) is 16.6 Å². The average Bonchev–Trinajstić information content (AvgIpc) is 3.90. The van der Waals surface area contributed by atoms with Crippen LogP contribution in [-0.4, -0.2) is 102 Å². The fourth-order valence-corrected chi connectivity index (χ4v) is 7.36. The number of imidazole rings is 1. The monoisotopic (exact) mass is 735 g/mol. The van der Waals surface area contributed by atoms with Crippen molar-refractivity contribution in [2.75, 3.05) is 36.5 Å². The number of fused-ring (bicyclic) bond motifs is 1. The minimum absolute atomic E-state index is 0.0169. The number of nitrogens with zero attached hydrogens (tertiary/aromatic N) is 5. The van der Waals surface area contributed by atoms with E-state index in [1.54, 1.807) is 29.1 Å². The first-order valence-corrected chi connectivity index (χ1v) is 18.2. The number of anilines is 2. The molecule has 0 unspecified atom stereocenters. The summed E-state index contributed by atoms with van der Waals surface area (Å²) in [4.78, 5) is 41.7. The van der Waals surface area contributed by atoms with E-state index >= 15 is 0 Å². The third-order valence-corrected chi connectivity index (χ3v) is 10.2. The lowest BCUT2D eigenvalue weighted by Gasteiger charge is -2.22. The minimum Gasteiger partial charge on any atom is -0.508 e. The van der Waals surface area contributed by atoms with Crippen molar-refractivity contribution in [1.82, 2.24) is 35.5 Å². The van der Waals surface area contributed by atoms with Crippen LogP contribution >= 0.6 is 0 Å². The molecule has 0 spiro atoms. The Balaban J connectivity index is 1.15. The molecule has 5 atom stereocenters. The van der Waals surface area contributed by atoms with Crippen LogP contribution in [0.2, 0.25) is 0 Å². The molecule has 2 aromatic heterocycles. The Morgan fingerprint density at radius 3 is 2.35 bits per heavy atom. The molecule has 3 amide bonds. The van der Waals surface area contributed by atoms with E-state index in [2.05, 4.69) is 45.5 Å². The van der Waals surface area contributed by atoms with Gasteiger partial charge in [0.05, 0.1) is 25.0 Å². The Kier molecular flexibility index (Phi) is 11.2. The highest BCUT2D eigenvalue weighted by Crippen LogP contribution is 2.35. The predicted octanol–water partition coefficient (Wildman–Crippen LogP) is 2.39. The Hall–Kier alpha value is -5.77. The SMILES string of the molecule is O=C(CCO)N[C@H]1C[C@@H](n2cnc3c(NCC(c4ccccc4)c4ccccc4)nc(N4CC[C@@H](NC(=O)NCc5cccc(O)c5)C4)nc32)[C@H](O)[C@@H]1O. The standard InChI is InChI=1S/C39H45N9O6/c49-17-15-32(51)44-30-19-31(35(53)34(30)52)48-23-42-33-36(40-21-29(25-9-3-1-4-10-25)26-11-5-2-6-12-26)45-38(46-37(33)48)47-16-14-27(22-47)43-39(54)41-20-24-8-7-13-28(50)18-24/h1-13,18,23,27,29-31,34-35,49-50,52-53H,14-17,19-22H2,(H,44,51)(H,40,45,46)(H2,41,43,54)/t27-,30+,31-,34-,35+/m1/s1. The largest absolute Gasteiger partial charge is 0.508 e. The van der Waals surface area contributed by atoms with Crippen LogP contribution in [0.15, 0.2) is 91.3 Å².